The van der Waals surface area contributed by atoms with Crippen molar-refractivity contribution in [2.45, 2.75) is 25.8 Å². The quantitative estimate of drug-likeness (QED) is 0.896. The number of amides is 1. The lowest BCUT2D eigenvalue weighted by atomic mass is 9.99. The van der Waals surface area contributed by atoms with Crippen molar-refractivity contribution < 1.29 is 9.69 Å². The summed E-state index contributed by atoms with van der Waals surface area (Å²) >= 11 is 0. The minimum Gasteiger partial charge on any atom is -0.323 e. The summed E-state index contributed by atoms with van der Waals surface area (Å²) in [5.41, 5.74) is 5.29. The van der Waals surface area contributed by atoms with Crippen molar-refractivity contribution in [3.63, 3.8) is 0 Å². The number of nitrogens with one attached hydrogen (secondary N) is 1. The smallest absolute Gasteiger partial charge is 0.282 e. The van der Waals surface area contributed by atoms with Crippen LogP contribution in [0, 0.1) is 0 Å². The molecule has 0 aliphatic carbocycles. The van der Waals surface area contributed by atoms with E-state index < -0.39 is 0 Å². The summed E-state index contributed by atoms with van der Waals surface area (Å²) in [5.74, 6) is 0.270. The van der Waals surface area contributed by atoms with Crippen molar-refractivity contribution in [3.8, 4) is 0 Å². The molecule has 2 aromatic rings. The lowest BCUT2D eigenvalue weighted by molar-refractivity contribution is -0.907. The summed E-state index contributed by atoms with van der Waals surface area (Å²) in [6, 6.07) is 17.0. The van der Waals surface area contributed by atoms with Crippen molar-refractivity contribution in [1.82, 2.24) is 0 Å². The lowest BCUT2D eigenvalue weighted by Crippen LogP contribution is -3.13. The molecule has 0 bridgehead atoms. The van der Waals surface area contributed by atoms with Crippen molar-refractivity contribution in [1.29, 1.82) is 0 Å². The van der Waals surface area contributed by atoms with E-state index in [2.05, 4.69) is 42.5 Å². The van der Waals surface area contributed by atoms with Gasteiger partial charge >= 0.3 is 0 Å². The van der Waals surface area contributed by atoms with Gasteiger partial charge in [-0.2, -0.15) is 0 Å². The van der Waals surface area contributed by atoms with Crippen LogP contribution in [-0.2, 0) is 24.2 Å². The average molecular weight is 307 g/mol. The van der Waals surface area contributed by atoms with Crippen LogP contribution in [0.2, 0.25) is 0 Å². The van der Waals surface area contributed by atoms with Crippen molar-refractivity contribution in [2.75, 3.05) is 24.5 Å². The maximum Gasteiger partial charge on any atom is 0.282 e. The normalized spacial score (nSPS) is 19.8. The highest BCUT2D eigenvalue weighted by Gasteiger charge is 2.27. The first-order valence-corrected chi connectivity index (χ1v) is 8.60. The first-order chi connectivity index (χ1) is 11.3. The van der Waals surface area contributed by atoms with Crippen LogP contribution >= 0.6 is 0 Å². The molecule has 2 heterocycles. The van der Waals surface area contributed by atoms with Gasteiger partial charge in [0.2, 0.25) is 0 Å². The number of fused-ring (bicyclic) bond motifs is 2. The highest BCUT2D eigenvalue weighted by molar-refractivity contribution is 5.95. The molecule has 2 aliphatic heterocycles. The van der Waals surface area contributed by atoms with Gasteiger partial charge in [-0.25, -0.2) is 0 Å². The number of para-hydroxylation sites is 1. The van der Waals surface area contributed by atoms with E-state index in [1.54, 1.807) is 0 Å². The minimum absolute atomic E-state index is 0.270. The first kappa shape index (κ1) is 14.5. The predicted octanol–water partition coefficient (Wildman–Crippen LogP) is 1.61. The van der Waals surface area contributed by atoms with E-state index in [9.17, 15) is 4.79 Å². The SMILES string of the molecule is O=C(C[NH+]1CCc2ccccc2C1)N1CCCc2ccccc21. The van der Waals surface area contributed by atoms with Gasteiger partial charge in [-0.15, -0.1) is 0 Å². The fourth-order valence-corrected chi connectivity index (χ4v) is 3.90. The largest absolute Gasteiger partial charge is 0.323 e. The Balaban J connectivity index is 1.47. The maximum atomic E-state index is 12.8. The third-order valence-electron chi connectivity index (χ3n) is 5.12. The van der Waals surface area contributed by atoms with E-state index in [0.29, 0.717) is 6.54 Å². The number of aryl methyl sites for hydroxylation is 1. The monoisotopic (exact) mass is 307 g/mol. The fraction of sp³-hybridized carbons (Fsp3) is 0.350. The highest BCUT2D eigenvalue weighted by atomic mass is 16.2. The van der Waals surface area contributed by atoms with Crippen LogP contribution < -0.4 is 9.80 Å². The minimum atomic E-state index is 0.270. The molecule has 1 unspecified atom stereocenters. The zero-order valence-corrected chi connectivity index (χ0v) is 13.4. The van der Waals surface area contributed by atoms with Gasteiger partial charge in [0.25, 0.3) is 5.91 Å². The molecule has 0 saturated carbocycles. The zero-order valence-electron chi connectivity index (χ0n) is 13.4. The van der Waals surface area contributed by atoms with Gasteiger partial charge in [0.05, 0.1) is 6.54 Å². The van der Waals surface area contributed by atoms with E-state index in [0.717, 1.165) is 44.6 Å². The number of anilines is 1. The Morgan fingerprint density at radius 3 is 2.57 bits per heavy atom. The van der Waals surface area contributed by atoms with Gasteiger partial charge < -0.3 is 9.80 Å². The van der Waals surface area contributed by atoms with Gasteiger partial charge in [0, 0.05) is 24.2 Å². The van der Waals surface area contributed by atoms with Crippen LogP contribution in [0.25, 0.3) is 0 Å². The van der Waals surface area contributed by atoms with Crippen LogP contribution in [0.3, 0.4) is 0 Å². The summed E-state index contributed by atoms with van der Waals surface area (Å²) in [6.07, 6.45) is 3.24. The molecule has 118 valence electrons. The summed E-state index contributed by atoms with van der Waals surface area (Å²) < 4.78 is 0. The predicted molar refractivity (Wildman–Crippen MR) is 91.7 cm³/mol. The van der Waals surface area contributed by atoms with E-state index in [-0.39, 0.29) is 5.91 Å². The Labute approximate surface area is 137 Å². The van der Waals surface area contributed by atoms with Crippen molar-refractivity contribution in [2.24, 2.45) is 0 Å². The van der Waals surface area contributed by atoms with Crippen molar-refractivity contribution in [3.05, 3.63) is 65.2 Å². The van der Waals surface area contributed by atoms with E-state index in [1.165, 1.54) is 21.6 Å². The number of carbonyl (C=O) groups excluding carboxylic acids is 1. The van der Waals surface area contributed by atoms with Gasteiger partial charge in [-0.3, -0.25) is 4.79 Å². The van der Waals surface area contributed by atoms with Crippen LogP contribution in [0.1, 0.15) is 23.1 Å². The Kier molecular flexibility index (Phi) is 3.88. The topological polar surface area (TPSA) is 24.8 Å². The summed E-state index contributed by atoms with van der Waals surface area (Å²) in [4.78, 5) is 16.2. The molecule has 0 saturated heterocycles. The standard InChI is InChI=1S/C20H22N2O/c23-20(22-12-5-9-17-7-3-4-10-19(17)22)15-21-13-11-16-6-1-2-8-18(16)14-21/h1-4,6-8,10H,5,9,11-15H2/p+1. The number of quaternary nitrogens is 1. The summed E-state index contributed by atoms with van der Waals surface area (Å²) in [6.45, 7) is 3.48. The van der Waals surface area contributed by atoms with Crippen molar-refractivity contribution >= 4 is 11.6 Å². The summed E-state index contributed by atoms with van der Waals surface area (Å²) in [5, 5.41) is 0. The molecule has 3 heteroatoms. The fourth-order valence-electron chi connectivity index (χ4n) is 3.90. The number of carbonyl (C=O) groups is 1. The first-order valence-electron chi connectivity index (χ1n) is 8.60. The van der Waals surface area contributed by atoms with Gasteiger partial charge in [0.1, 0.15) is 6.54 Å². The molecule has 0 radical (unpaired) electrons. The van der Waals surface area contributed by atoms with Gasteiger partial charge in [-0.05, 0) is 30.0 Å². The Morgan fingerprint density at radius 1 is 0.957 bits per heavy atom. The maximum absolute atomic E-state index is 12.8. The number of benzene rings is 2. The average Bonchev–Trinajstić information content (AvgIpc) is 2.61. The molecular weight excluding hydrogens is 284 g/mol. The van der Waals surface area contributed by atoms with Crippen LogP contribution in [0.4, 0.5) is 5.69 Å². The van der Waals surface area contributed by atoms with Crippen LogP contribution in [0.5, 0.6) is 0 Å². The Morgan fingerprint density at radius 2 is 1.70 bits per heavy atom. The second-order valence-corrected chi connectivity index (χ2v) is 6.65. The van der Waals surface area contributed by atoms with Gasteiger partial charge in [0.15, 0.2) is 6.54 Å². The summed E-state index contributed by atoms with van der Waals surface area (Å²) in [7, 11) is 0. The molecule has 0 aromatic heterocycles. The molecule has 3 nitrogen and oxygen atoms in total. The van der Waals surface area contributed by atoms with Crippen LogP contribution in [-0.4, -0.2) is 25.5 Å². The molecular formula is C20H23N2O+. The Hall–Kier alpha value is -2.13. The molecule has 2 aromatic carbocycles. The molecule has 1 N–H and O–H groups in total. The molecule has 4 rings (SSSR count). The van der Waals surface area contributed by atoms with Gasteiger partial charge in [-0.1, -0.05) is 42.5 Å². The lowest BCUT2D eigenvalue weighted by Gasteiger charge is -2.32. The Bertz CT molecular complexity index is 725. The zero-order chi connectivity index (χ0) is 15.6. The number of hydrogen-bond acceptors (Lipinski definition) is 1. The third kappa shape index (κ3) is 2.89. The highest BCUT2D eigenvalue weighted by Crippen LogP contribution is 2.26. The van der Waals surface area contributed by atoms with E-state index in [4.69, 9.17) is 0 Å². The molecule has 1 atom stereocenters. The second-order valence-electron chi connectivity index (χ2n) is 6.65. The molecule has 23 heavy (non-hydrogen) atoms. The molecule has 0 fully saturated rings. The molecule has 0 spiro atoms. The van der Waals surface area contributed by atoms with E-state index >= 15 is 0 Å². The molecule has 2 aliphatic rings. The number of nitrogens with zero attached hydrogens (tertiary/aromatic N) is 1. The molecule has 1 amide bonds. The van der Waals surface area contributed by atoms with Crippen LogP contribution in [0.15, 0.2) is 48.5 Å². The van der Waals surface area contributed by atoms with E-state index in [1.807, 2.05) is 11.0 Å². The number of rotatable bonds is 2. The number of hydrogen-bond donors (Lipinski definition) is 1. The second kappa shape index (κ2) is 6.17. The third-order valence-corrected chi connectivity index (χ3v) is 5.12.